The summed E-state index contributed by atoms with van der Waals surface area (Å²) in [4.78, 5) is 0. The van der Waals surface area contributed by atoms with E-state index >= 15 is 0 Å². The highest BCUT2D eigenvalue weighted by Gasteiger charge is 2.41. The van der Waals surface area contributed by atoms with Gasteiger partial charge >= 0.3 is 8.56 Å². The van der Waals surface area contributed by atoms with Crippen LogP contribution in [0.2, 0.25) is 12.6 Å². The van der Waals surface area contributed by atoms with Crippen molar-refractivity contribution in [3.63, 3.8) is 0 Å². The van der Waals surface area contributed by atoms with Crippen LogP contribution in [0.4, 0.5) is 0 Å². The van der Waals surface area contributed by atoms with Gasteiger partial charge < -0.3 is 8.85 Å². The molecule has 0 aromatic carbocycles. The average molecular weight is 242 g/mol. The Morgan fingerprint density at radius 1 is 1.25 bits per heavy atom. The highest BCUT2D eigenvalue weighted by atomic mass is 28.4. The van der Waals surface area contributed by atoms with Gasteiger partial charge in [0, 0.05) is 12.7 Å². The summed E-state index contributed by atoms with van der Waals surface area (Å²) in [6, 6.07) is 1.22. The van der Waals surface area contributed by atoms with Crippen molar-refractivity contribution in [1.82, 2.24) is 0 Å². The molecule has 94 valence electrons. The van der Waals surface area contributed by atoms with Crippen molar-refractivity contribution in [2.75, 3.05) is 6.61 Å². The second kappa shape index (κ2) is 5.19. The Morgan fingerprint density at radius 2 is 1.94 bits per heavy atom. The van der Waals surface area contributed by atoms with E-state index in [1.807, 2.05) is 0 Å². The lowest BCUT2D eigenvalue weighted by atomic mass is 9.82. The Bertz CT molecular complexity index is 226. The van der Waals surface area contributed by atoms with Gasteiger partial charge in [0.15, 0.2) is 0 Å². The molecule has 2 saturated carbocycles. The van der Waals surface area contributed by atoms with Crippen molar-refractivity contribution in [1.29, 1.82) is 0 Å². The maximum absolute atomic E-state index is 6.35. The fraction of sp³-hybridized carbons (Fsp3) is 1.00. The molecule has 16 heavy (non-hydrogen) atoms. The Kier molecular flexibility index (Phi) is 4.09. The zero-order valence-corrected chi connectivity index (χ0v) is 12.0. The normalized spacial score (nSPS) is 27.2. The zero-order valence-electron chi connectivity index (χ0n) is 11.0. The number of rotatable bonds is 7. The molecule has 0 saturated heterocycles. The van der Waals surface area contributed by atoms with E-state index in [4.69, 9.17) is 8.85 Å². The van der Waals surface area contributed by atoms with Crippen LogP contribution in [0.1, 0.15) is 46.0 Å². The van der Waals surface area contributed by atoms with E-state index in [1.54, 1.807) is 0 Å². The third-order valence-electron chi connectivity index (χ3n) is 4.05. The average Bonchev–Trinajstić information content (AvgIpc) is 2.83. The topological polar surface area (TPSA) is 18.5 Å². The maximum Gasteiger partial charge on any atom is 0.335 e. The van der Waals surface area contributed by atoms with Crippen molar-refractivity contribution in [3.8, 4) is 0 Å². The van der Waals surface area contributed by atoms with Gasteiger partial charge in [-0.25, -0.2) is 0 Å². The predicted octanol–water partition coefficient (Wildman–Crippen LogP) is 3.71. The molecule has 2 fully saturated rings. The minimum absolute atomic E-state index is 0.427. The first-order valence-corrected chi connectivity index (χ1v) is 9.47. The summed E-state index contributed by atoms with van der Waals surface area (Å²) in [6.45, 7) is 7.42. The molecule has 2 unspecified atom stereocenters. The molecular formula is C13H26O2Si. The molecule has 0 radical (unpaired) electrons. The van der Waals surface area contributed by atoms with Crippen LogP contribution in [-0.4, -0.2) is 21.3 Å². The Balaban J connectivity index is 1.83. The highest BCUT2D eigenvalue weighted by Crippen LogP contribution is 2.40. The second-order valence-electron chi connectivity index (χ2n) is 5.73. The van der Waals surface area contributed by atoms with Crippen molar-refractivity contribution < 1.29 is 8.85 Å². The molecular weight excluding hydrogens is 216 g/mol. The van der Waals surface area contributed by atoms with Crippen molar-refractivity contribution >= 4 is 8.56 Å². The van der Waals surface area contributed by atoms with E-state index in [2.05, 4.69) is 20.4 Å². The molecule has 0 aromatic rings. The largest absolute Gasteiger partial charge is 0.395 e. The minimum Gasteiger partial charge on any atom is -0.395 e. The van der Waals surface area contributed by atoms with Crippen LogP contribution in [0.15, 0.2) is 0 Å². The highest BCUT2D eigenvalue weighted by molar-refractivity contribution is 6.66. The summed E-state index contributed by atoms with van der Waals surface area (Å²) in [6.07, 6.45) is 7.35. The predicted molar refractivity (Wildman–Crippen MR) is 68.7 cm³/mol. The van der Waals surface area contributed by atoms with Crippen LogP contribution in [0.5, 0.6) is 0 Å². The fourth-order valence-electron chi connectivity index (χ4n) is 2.69. The SMILES string of the molecule is CCO[Si](C)(CC1CC1)OC(C)C1CCC1. The molecule has 2 aliphatic carbocycles. The molecule has 0 aliphatic heterocycles. The molecule has 0 spiro atoms. The van der Waals surface area contributed by atoms with E-state index in [0.717, 1.165) is 18.4 Å². The van der Waals surface area contributed by atoms with E-state index < -0.39 is 8.56 Å². The standard InChI is InChI=1S/C13H26O2Si/c1-4-14-16(3,10-12-8-9-12)15-11(2)13-6-5-7-13/h11-13H,4-10H2,1-3H3. The summed E-state index contributed by atoms with van der Waals surface area (Å²) < 4.78 is 12.3. The van der Waals surface area contributed by atoms with Gasteiger partial charge in [-0.1, -0.05) is 19.3 Å². The van der Waals surface area contributed by atoms with Crippen molar-refractivity contribution in [3.05, 3.63) is 0 Å². The Labute approximate surface area is 101 Å². The van der Waals surface area contributed by atoms with Crippen molar-refractivity contribution in [2.45, 2.75) is 64.6 Å². The number of hydrogen-bond acceptors (Lipinski definition) is 2. The number of hydrogen-bond donors (Lipinski definition) is 0. The molecule has 2 aliphatic rings. The molecule has 2 nitrogen and oxygen atoms in total. The minimum atomic E-state index is -1.86. The molecule has 0 N–H and O–H groups in total. The van der Waals surface area contributed by atoms with Gasteiger partial charge in [0.25, 0.3) is 0 Å². The first-order chi connectivity index (χ1) is 7.63. The maximum atomic E-state index is 6.35. The monoisotopic (exact) mass is 242 g/mol. The zero-order chi connectivity index (χ0) is 11.6. The van der Waals surface area contributed by atoms with Gasteiger partial charge in [-0.3, -0.25) is 0 Å². The summed E-state index contributed by atoms with van der Waals surface area (Å²) in [5.41, 5.74) is 0. The summed E-state index contributed by atoms with van der Waals surface area (Å²) in [5.74, 6) is 1.73. The summed E-state index contributed by atoms with van der Waals surface area (Å²) in [5, 5.41) is 0. The molecule has 0 aromatic heterocycles. The van der Waals surface area contributed by atoms with Gasteiger partial charge in [0.2, 0.25) is 0 Å². The van der Waals surface area contributed by atoms with Crippen LogP contribution in [-0.2, 0) is 8.85 Å². The fourth-order valence-corrected chi connectivity index (χ4v) is 6.02. The van der Waals surface area contributed by atoms with Crippen LogP contribution >= 0.6 is 0 Å². The molecule has 0 bridgehead atoms. The first kappa shape index (κ1) is 12.6. The van der Waals surface area contributed by atoms with Gasteiger partial charge in [0.05, 0.1) is 0 Å². The van der Waals surface area contributed by atoms with Gasteiger partial charge in [-0.15, -0.1) is 0 Å². The third kappa shape index (κ3) is 3.31. The van der Waals surface area contributed by atoms with E-state index in [9.17, 15) is 0 Å². The smallest absolute Gasteiger partial charge is 0.335 e. The summed E-state index contributed by atoms with van der Waals surface area (Å²) >= 11 is 0. The van der Waals surface area contributed by atoms with E-state index in [1.165, 1.54) is 38.1 Å². The molecule has 2 atom stereocenters. The lowest BCUT2D eigenvalue weighted by molar-refractivity contribution is 0.0558. The lowest BCUT2D eigenvalue weighted by Crippen LogP contribution is -2.44. The van der Waals surface area contributed by atoms with Crippen LogP contribution in [0.25, 0.3) is 0 Å². The Hall–Kier alpha value is 0.137. The van der Waals surface area contributed by atoms with Gasteiger partial charge in [-0.05, 0) is 51.1 Å². The van der Waals surface area contributed by atoms with Crippen LogP contribution in [0.3, 0.4) is 0 Å². The van der Waals surface area contributed by atoms with Crippen LogP contribution < -0.4 is 0 Å². The van der Waals surface area contributed by atoms with Crippen LogP contribution in [0, 0.1) is 11.8 Å². The first-order valence-electron chi connectivity index (χ1n) is 6.95. The van der Waals surface area contributed by atoms with Gasteiger partial charge in [0.1, 0.15) is 0 Å². The van der Waals surface area contributed by atoms with Crippen molar-refractivity contribution in [2.24, 2.45) is 11.8 Å². The van der Waals surface area contributed by atoms with E-state index in [0.29, 0.717) is 6.10 Å². The molecule has 0 heterocycles. The summed E-state index contributed by atoms with van der Waals surface area (Å²) in [7, 11) is -1.86. The molecule has 0 amide bonds. The second-order valence-corrected chi connectivity index (χ2v) is 8.93. The van der Waals surface area contributed by atoms with Gasteiger partial charge in [-0.2, -0.15) is 0 Å². The quantitative estimate of drug-likeness (QED) is 0.634. The Morgan fingerprint density at radius 3 is 2.38 bits per heavy atom. The third-order valence-corrected chi connectivity index (χ3v) is 7.14. The lowest BCUT2D eigenvalue weighted by Gasteiger charge is -2.37. The molecule has 3 heteroatoms. The molecule has 2 rings (SSSR count). The van der Waals surface area contributed by atoms with E-state index in [-0.39, 0.29) is 0 Å².